The van der Waals surface area contributed by atoms with Gasteiger partial charge in [0.15, 0.2) is 0 Å². The fraction of sp³-hybridized carbons (Fsp3) is 0.143. The first-order chi connectivity index (χ1) is 13.4. The highest BCUT2D eigenvalue weighted by Crippen LogP contribution is 2.38. The minimum absolute atomic E-state index is 0.240. The predicted molar refractivity (Wildman–Crippen MR) is 108 cm³/mol. The van der Waals surface area contributed by atoms with Gasteiger partial charge in [-0.25, -0.2) is 12.8 Å². The van der Waals surface area contributed by atoms with Crippen LogP contribution >= 0.6 is 11.6 Å². The zero-order chi connectivity index (χ0) is 19.7. The van der Waals surface area contributed by atoms with Gasteiger partial charge in [-0.1, -0.05) is 48.0 Å². The molecule has 0 bridgehead atoms. The standard InChI is InChI=1S/C21H18ClFN2O2S/c22-17-9-5-15(6-10-17)13-14-25-21(16-7-11-18(23)12-8-16)24-19-3-1-2-4-20(19)28(25,26)27/h1-12,21,24H,13-14H2. The number of nitrogens with one attached hydrogen (secondary N) is 1. The van der Waals surface area contributed by atoms with E-state index in [0.717, 1.165) is 5.56 Å². The molecule has 4 nitrogen and oxygen atoms in total. The van der Waals surface area contributed by atoms with Crippen molar-refractivity contribution in [3.05, 3.63) is 94.8 Å². The van der Waals surface area contributed by atoms with Crippen molar-refractivity contribution in [3.63, 3.8) is 0 Å². The van der Waals surface area contributed by atoms with E-state index in [2.05, 4.69) is 5.32 Å². The quantitative estimate of drug-likeness (QED) is 0.662. The average molecular weight is 417 g/mol. The molecule has 0 fully saturated rings. The highest BCUT2D eigenvalue weighted by molar-refractivity contribution is 7.89. The highest BCUT2D eigenvalue weighted by Gasteiger charge is 2.38. The van der Waals surface area contributed by atoms with Gasteiger partial charge in [0.1, 0.15) is 16.9 Å². The second-order valence-corrected chi connectivity index (χ2v) is 8.88. The molecule has 0 aromatic heterocycles. The molecular weight excluding hydrogens is 399 g/mol. The number of nitrogens with zero attached hydrogens (tertiary/aromatic N) is 1. The Morgan fingerprint density at radius 2 is 1.64 bits per heavy atom. The smallest absolute Gasteiger partial charge is 0.247 e. The fourth-order valence-corrected chi connectivity index (χ4v) is 5.15. The second-order valence-electron chi connectivity index (χ2n) is 6.59. The van der Waals surface area contributed by atoms with E-state index >= 15 is 0 Å². The normalized spacial score (nSPS) is 18.3. The van der Waals surface area contributed by atoms with Crippen molar-refractivity contribution < 1.29 is 12.8 Å². The van der Waals surface area contributed by atoms with Crippen molar-refractivity contribution in [1.82, 2.24) is 4.31 Å². The number of anilines is 1. The van der Waals surface area contributed by atoms with Gasteiger partial charge in [0, 0.05) is 11.6 Å². The third-order valence-corrected chi connectivity index (χ3v) is 6.95. The van der Waals surface area contributed by atoms with Crippen LogP contribution in [0.5, 0.6) is 0 Å². The van der Waals surface area contributed by atoms with E-state index in [0.29, 0.717) is 22.7 Å². The lowest BCUT2D eigenvalue weighted by molar-refractivity contribution is 0.345. The molecule has 0 saturated carbocycles. The summed E-state index contributed by atoms with van der Waals surface area (Å²) in [7, 11) is -3.72. The average Bonchev–Trinajstić information content (AvgIpc) is 2.69. The molecule has 0 radical (unpaired) electrons. The Bertz CT molecular complexity index is 1090. The zero-order valence-corrected chi connectivity index (χ0v) is 16.4. The van der Waals surface area contributed by atoms with E-state index in [1.807, 2.05) is 12.1 Å². The number of para-hydroxylation sites is 1. The van der Waals surface area contributed by atoms with Crippen molar-refractivity contribution in [3.8, 4) is 0 Å². The van der Waals surface area contributed by atoms with Crippen LogP contribution in [0.4, 0.5) is 10.1 Å². The molecule has 0 saturated heterocycles. The lowest BCUT2D eigenvalue weighted by Gasteiger charge is -2.37. The van der Waals surface area contributed by atoms with Gasteiger partial charge in [-0.15, -0.1) is 0 Å². The number of fused-ring (bicyclic) bond motifs is 1. The third kappa shape index (κ3) is 3.63. The largest absolute Gasteiger partial charge is 0.364 e. The lowest BCUT2D eigenvalue weighted by Crippen LogP contribution is -2.43. The summed E-state index contributed by atoms with van der Waals surface area (Å²) >= 11 is 5.93. The maximum Gasteiger partial charge on any atom is 0.247 e. The first kappa shape index (κ1) is 18.9. The lowest BCUT2D eigenvalue weighted by atomic mass is 10.1. The van der Waals surface area contributed by atoms with Gasteiger partial charge < -0.3 is 5.32 Å². The first-order valence-corrected chi connectivity index (χ1v) is 10.6. The molecule has 1 heterocycles. The molecular formula is C21H18ClFN2O2S. The van der Waals surface area contributed by atoms with Gasteiger partial charge in [-0.2, -0.15) is 4.31 Å². The van der Waals surface area contributed by atoms with Crippen LogP contribution in [-0.4, -0.2) is 19.3 Å². The molecule has 1 unspecified atom stereocenters. The molecule has 0 spiro atoms. The summed E-state index contributed by atoms with van der Waals surface area (Å²) in [5, 5.41) is 3.92. The predicted octanol–water partition coefficient (Wildman–Crippen LogP) is 4.84. The third-order valence-electron chi connectivity index (χ3n) is 4.77. The topological polar surface area (TPSA) is 49.4 Å². The van der Waals surface area contributed by atoms with E-state index in [9.17, 15) is 12.8 Å². The van der Waals surface area contributed by atoms with Gasteiger partial charge >= 0.3 is 0 Å². The van der Waals surface area contributed by atoms with Crippen molar-refractivity contribution >= 4 is 27.3 Å². The number of sulfonamides is 1. The zero-order valence-electron chi connectivity index (χ0n) is 14.8. The summed E-state index contributed by atoms with van der Waals surface area (Å²) < 4.78 is 41.5. The van der Waals surface area contributed by atoms with Crippen LogP contribution in [0.1, 0.15) is 17.3 Å². The Labute approximate surface area is 168 Å². The Balaban J connectivity index is 1.71. The molecule has 4 rings (SSSR count). The van der Waals surface area contributed by atoms with Crippen molar-refractivity contribution in [2.24, 2.45) is 0 Å². The summed E-state index contributed by atoms with van der Waals surface area (Å²) in [5.41, 5.74) is 2.20. The summed E-state index contributed by atoms with van der Waals surface area (Å²) in [6.45, 7) is 0.271. The molecule has 3 aromatic rings. The number of hydrogen-bond acceptors (Lipinski definition) is 3. The first-order valence-electron chi connectivity index (χ1n) is 8.82. The van der Waals surface area contributed by atoms with Crippen LogP contribution in [-0.2, 0) is 16.4 Å². The summed E-state index contributed by atoms with van der Waals surface area (Å²) in [5.74, 6) is -0.365. The summed E-state index contributed by atoms with van der Waals surface area (Å²) in [4.78, 5) is 0.240. The van der Waals surface area contributed by atoms with Crippen LogP contribution in [0.15, 0.2) is 77.7 Å². The number of rotatable bonds is 4. The van der Waals surface area contributed by atoms with Crippen molar-refractivity contribution in [1.29, 1.82) is 0 Å². The monoisotopic (exact) mass is 416 g/mol. The van der Waals surface area contributed by atoms with Crippen LogP contribution in [0, 0.1) is 5.82 Å². The van der Waals surface area contributed by atoms with Crippen molar-refractivity contribution in [2.75, 3.05) is 11.9 Å². The van der Waals surface area contributed by atoms with Gasteiger partial charge in [-0.3, -0.25) is 0 Å². The molecule has 28 heavy (non-hydrogen) atoms. The number of benzene rings is 3. The van der Waals surface area contributed by atoms with E-state index < -0.39 is 16.2 Å². The van der Waals surface area contributed by atoms with E-state index in [1.54, 1.807) is 48.5 Å². The van der Waals surface area contributed by atoms with E-state index in [1.165, 1.54) is 16.4 Å². The Morgan fingerprint density at radius 1 is 0.964 bits per heavy atom. The maximum absolute atomic E-state index is 13.4. The molecule has 1 N–H and O–H groups in total. The van der Waals surface area contributed by atoms with Crippen LogP contribution in [0.2, 0.25) is 5.02 Å². The van der Waals surface area contributed by atoms with Crippen LogP contribution in [0.3, 0.4) is 0 Å². The van der Waals surface area contributed by atoms with Crippen LogP contribution in [0.25, 0.3) is 0 Å². The molecule has 1 aliphatic heterocycles. The Morgan fingerprint density at radius 3 is 2.36 bits per heavy atom. The minimum Gasteiger partial charge on any atom is -0.364 e. The van der Waals surface area contributed by atoms with Crippen molar-refractivity contribution in [2.45, 2.75) is 17.5 Å². The van der Waals surface area contributed by atoms with Gasteiger partial charge in [0.25, 0.3) is 0 Å². The Hall–Kier alpha value is -2.41. The molecule has 0 amide bonds. The molecule has 7 heteroatoms. The number of hydrogen-bond donors (Lipinski definition) is 1. The van der Waals surface area contributed by atoms with Crippen LogP contribution < -0.4 is 5.32 Å². The Kier molecular flexibility index (Phi) is 5.10. The second kappa shape index (κ2) is 7.54. The van der Waals surface area contributed by atoms with E-state index in [4.69, 9.17) is 11.6 Å². The van der Waals surface area contributed by atoms with E-state index in [-0.39, 0.29) is 17.3 Å². The van der Waals surface area contributed by atoms with Gasteiger partial charge in [-0.05, 0) is 53.9 Å². The SMILES string of the molecule is O=S1(=O)c2ccccc2NC(c2ccc(F)cc2)N1CCc1ccc(Cl)cc1. The minimum atomic E-state index is -3.72. The molecule has 3 aromatic carbocycles. The molecule has 1 atom stereocenters. The summed E-state index contributed by atoms with van der Waals surface area (Å²) in [6, 6.07) is 20.0. The molecule has 0 aliphatic carbocycles. The molecule has 1 aliphatic rings. The fourth-order valence-electron chi connectivity index (χ4n) is 3.33. The number of halogens is 2. The van der Waals surface area contributed by atoms with Gasteiger partial charge in [0.05, 0.1) is 5.69 Å². The highest BCUT2D eigenvalue weighted by atomic mass is 35.5. The molecule has 144 valence electrons. The van der Waals surface area contributed by atoms with Gasteiger partial charge in [0.2, 0.25) is 10.0 Å². The maximum atomic E-state index is 13.4. The summed E-state index contributed by atoms with van der Waals surface area (Å²) in [6.07, 6.45) is -0.0920.